The van der Waals surface area contributed by atoms with Gasteiger partial charge in [0.05, 0.1) is 13.2 Å². The molecule has 0 aliphatic carbocycles. The second-order valence-corrected chi connectivity index (χ2v) is 4.17. The number of carbonyl (C=O) groups is 2. The molecule has 1 aromatic rings. The van der Waals surface area contributed by atoms with Gasteiger partial charge in [-0.2, -0.15) is 0 Å². The lowest BCUT2D eigenvalue weighted by Crippen LogP contribution is -2.29. The van der Waals surface area contributed by atoms with E-state index in [1.807, 2.05) is 6.92 Å². The number of ketones is 1. The summed E-state index contributed by atoms with van der Waals surface area (Å²) >= 11 is 0. The number of pyridine rings is 1. The molecule has 0 saturated carbocycles. The van der Waals surface area contributed by atoms with Crippen LogP contribution in [0.2, 0.25) is 0 Å². The third kappa shape index (κ3) is 5.69. The SMILES string of the molecule is CCCCOC(=O)NCCOc1cccnc1C(C)=O. The fraction of sp³-hybridized carbons (Fsp3) is 0.500. The van der Waals surface area contributed by atoms with E-state index >= 15 is 0 Å². The molecule has 0 fully saturated rings. The van der Waals surface area contributed by atoms with E-state index in [0.29, 0.717) is 18.9 Å². The van der Waals surface area contributed by atoms with Crippen molar-refractivity contribution in [3.05, 3.63) is 24.0 Å². The van der Waals surface area contributed by atoms with Crippen LogP contribution in [0.1, 0.15) is 37.2 Å². The van der Waals surface area contributed by atoms with Gasteiger partial charge < -0.3 is 14.8 Å². The highest BCUT2D eigenvalue weighted by atomic mass is 16.5. The molecular formula is C14H20N2O4. The summed E-state index contributed by atoms with van der Waals surface area (Å²) in [7, 11) is 0. The zero-order chi connectivity index (χ0) is 14.8. The van der Waals surface area contributed by atoms with Gasteiger partial charge in [0.25, 0.3) is 0 Å². The molecule has 20 heavy (non-hydrogen) atoms. The van der Waals surface area contributed by atoms with Crippen molar-refractivity contribution in [1.29, 1.82) is 0 Å². The Kier molecular flexibility index (Phi) is 7.10. The molecule has 1 N–H and O–H groups in total. The van der Waals surface area contributed by atoms with E-state index in [1.54, 1.807) is 12.1 Å². The minimum Gasteiger partial charge on any atom is -0.489 e. The van der Waals surface area contributed by atoms with Gasteiger partial charge in [-0.05, 0) is 18.6 Å². The molecule has 0 aromatic carbocycles. The van der Waals surface area contributed by atoms with Gasteiger partial charge in [0.1, 0.15) is 18.1 Å². The summed E-state index contributed by atoms with van der Waals surface area (Å²) in [5.41, 5.74) is 0.290. The van der Waals surface area contributed by atoms with Crippen molar-refractivity contribution < 1.29 is 19.1 Å². The second kappa shape index (κ2) is 8.90. The van der Waals surface area contributed by atoms with Crippen molar-refractivity contribution in [3.63, 3.8) is 0 Å². The lowest BCUT2D eigenvalue weighted by molar-refractivity contribution is 0.100. The Morgan fingerprint density at radius 1 is 1.35 bits per heavy atom. The number of aromatic nitrogens is 1. The van der Waals surface area contributed by atoms with Crippen molar-refractivity contribution in [3.8, 4) is 5.75 Å². The molecule has 6 nitrogen and oxygen atoms in total. The van der Waals surface area contributed by atoms with E-state index < -0.39 is 6.09 Å². The molecule has 1 heterocycles. The van der Waals surface area contributed by atoms with Gasteiger partial charge in [-0.1, -0.05) is 13.3 Å². The number of alkyl carbamates (subject to hydrolysis) is 1. The predicted octanol–water partition coefficient (Wildman–Crippen LogP) is 2.19. The maximum atomic E-state index is 11.3. The number of hydrogen-bond donors (Lipinski definition) is 1. The van der Waals surface area contributed by atoms with Crippen LogP contribution >= 0.6 is 0 Å². The normalized spacial score (nSPS) is 9.90. The summed E-state index contributed by atoms with van der Waals surface area (Å²) in [4.78, 5) is 26.5. The Morgan fingerprint density at radius 3 is 2.85 bits per heavy atom. The van der Waals surface area contributed by atoms with Gasteiger partial charge in [0.2, 0.25) is 0 Å². The van der Waals surface area contributed by atoms with Crippen molar-refractivity contribution in [2.24, 2.45) is 0 Å². The van der Waals surface area contributed by atoms with Crippen molar-refractivity contribution >= 4 is 11.9 Å². The summed E-state index contributed by atoms with van der Waals surface area (Å²) in [5.74, 6) is 0.258. The number of ether oxygens (including phenoxy) is 2. The van der Waals surface area contributed by atoms with Crippen LogP contribution in [0.5, 0.6) is 5.75 Å². The van der Waals surface area contributed by atoms with Crippen molar-refractivity contribution in [2.45, 2.75) is 26.7 Å². The number of carbonyl (C=O) groups excluding carboxylic acids is 2. The van der Waals surface area contributed by atoms with Crippen LogP contribution in [0.15, 0.2) is 18.3 Å². The molecule has 0 saturated heterocycles. The van der Waals surface area contributed by atoms with Crippen LogP contribution in [0.25, 0.3) is 0 Å². The van der Waals surface area contributed by atoms with E-state index in [0.717, 1.165) is 12.8 Å². The summed E-state index contributed by atoms with van der Waals surface area (Å²) in [6.45, 7) is 4.42. The highest BCUT2D eigenvalue weighted by Gasteiger charge is 2.09. The Morgan fingerprint density at radius 2 is 2.15 bits per heavy atom. The molecule has 0 spiro atoms. The third-order valence-electron chi connectivity index (χ3n) is 2.46. The Bertz CT molecular complexity index is 449. The average molecular weight is 280 g/mol. The number of nitrogens with zero attached hydrogens (tertiary/aromatic N) is 1. The first-order chi connectivity index (χ1) is 9.65. The number of hydrogen-bond acceptors (Lipinski definition) is 5. The number of amides is 1. The first-order valence-corrected chi connectivity index (χ1v) is 6.64. The third-order valence-corrected chi connectivity index (χ3v) is 2.46. The molecular weight excluding hydrogens is 260 g/mol. The maximum Gasteiger partial charge on any atom is 0.407 e. The monoisotopic (exact) mass is 280 g/mol. The van der Waals surface area contributed by atoms with E-state index in [1.165, 1.54) is 13.1 Å². The largest absolute Gasteiger partial charge is 0.489 e. The minimum atomic E-state index is -0.458. The zero-order valence-corrected chi connectivity index (χ0v) is 11.8. The molecule has 0 aliphatic heterocycles. The van der Waals surface area contributed by atoms with Gasteiger partial charge in [0, 0.05) is 13.1 Å². The van der Waals surface area contributed by atoms with Gasteiger partial charge in [-0.25, -0.2) is 9.78 Å². The van der Waals surface area contributed by atoms with Crippen molar-refractivity contribution in [1.82, 2.24) is 10.3 Å². The van der Waals surface area contributed by atoms with Crippen LogP contribution in [0, 0.1) is 0 Å². The number of nitrogens with one attached hydrogen (secondary N) is 1. The molecule has 0 radical (unpaired) electrons. The van der Waals surface area contributed by atoms with E-state index in [-0.39, 0.29) is 18.1 Å². The Balaban J connectivity index is 2.28. The average Bonchev–Trinajstić information content (AvgIpc) is 2.44. The van der Waals surface area contributed by atoms with Crippen LogP contribution in [0.4, 0.5) is 4.79 Å². The molecule has 0 aliphatic rings. The predicted molar refractivity (Wildman–Crippen MR) is 74.0 cm³/mol. The van der Waals surface area contributed by atoms with E-state index in [4.69, 9.17) is 9.47 Å². The molecule has 1 rings (SSSR count). The molecule has 110 valence electrons. The smallest absolute Gasteiger partial charge is 0.407 e. The van der Waals surface area contributed by atoms with Crippen LogP contribution in [0.3, 0.4) is 0 Å². The summed E-state index contributed by atoms with van der Waals surface area (Å²) in [6, 6.07) is 3.36. The fourth-order valence-electron chi connectivity index (χ4n) is 1.45. The van der Waals surface area contributed by atoms with Crippen LogP contribution in [-0.2, 0) is 4.74 Å². The second-order valence-electron chi connectivity index (χ2n) is 4.17. The molecule has 0 unspecified atom stereocenters. The lowest BCUT2D eigenvalue weighted by atomic mass is 10.2. The fourth-order valence-corrected chi connectivity index (χ4v) is 1.45. The van der Waals surface area contributed by atoms with E-state index in [2.05, 4.69) is 10.3 Å². The highest BCUT2D eigenvalue weighted by molar-refractivity contribution is 5.94. The standard InChI is InChI=1S/C14H20N2O4/c1-3-4-9-20-14(18)16-8-10-19-12-6-5-7-15-13(12)11(2)17/h5-7H,3-4,8-10H2,1-2H3,(H,16,18). The van der Waals surface area contributed by atoms with Gasteiger partial charge in [-0.3, -0.25) is 4.79 Å². The summed E-state index contributed by atoms with van der Waals surface area (Å²) in [5, 5.41) is 2.57. The molecule has 6 heteroatoms. The number of Topliss-reactive ketones (excluding diaryl/α,β-unsaturated/α-hetero) is 1. The zero-order valence-electron chi connectivity index (χ0n) is 11.8. The lowest BCUT2D eigenvalue weighted by Gasteiger charge is -2.09. The Hall–Kier alpha value is -2.11. The highest BCUT2D eigenvalue weighted by Crippen LogP contribution is 2.15. The number of unbranched alkanes of at least 4 members (excludes halogenated alkanes) is 1. The molecule has 1 aromatic heterocycles. The van der Waals surface area contributed by atoms with Crippen LogP contribution in [-0.4, -0.2) is 36.6 Å². The first-order valence-electron chi connectivity index (χ1n) is 6.64. The minimum absolute atomic E-state index is 0.160. The molecule has 0 bridgehead atoms. The number of rotatable bonds is 8. The summed E-state index contributed by atoms with van der Waals surface area (Å²) in [6.07, 6.45) is 2.90. The van der Waals surface area contributed by atoms with E-state index in [9.17, 15) is 9.59 Å². The molecule has 0 atom stereocenters. The van der Waals surface area contributed by atoms with Gasteiger partial charge in [-0.15, -0.1) is 0 Å². The summed E-state index contributed by atoms with van der Waals surface area (Å²) < 4.78 is 10.3. The van der Waals surface area contributed by atoms with Crippen LogP contribution < -0.4 is 10.1 Å². The quantitative estimate of drug-likeness (QED) is 0.583. The topological polar surface area (TPSA) is 77.5 Å². The Labute approximate surface area is 118 Å². The van der Waals surface area contributed by atoms with Gasteiger partial charge in [0.15, 0.2) is 5.78 Å². The van der Waals surface area contributed by atoms with Crippen molar-refractivity contribution in [2.75, 3.05) is 19.8 Å². The molecule has 1 amide bonds. The first kappa shape index (κ1) is 15.9. The van der Waals surface area contributed by atoms with Gasteiger partial charge >= 0.3 is 6.09 Å². The maximum absolute atomic E-state index is 11.3.